The number of likely N-dealkylation sites (tertiary alicyclic amines) is 1. The number of rotatable bonds is 7. The van der Waals surface area contributed by atoms with Gasteiger partial charge in [0.25, 0.3) is 0 Å². The highest BCUT2D eigenvalue weighted by molar-refractivity contribution is 6.43. The molecule has 1 heterocycles. The standard InChI is InChI=1S/C18H22BFN2O5/c1-2-17(23)22-9-12-8-14(12)15(22)10-27-18(24)21-16(19(25)26)7-11-3-5-13(20)6-4-11/h2-6,12,14-16,25-26H,1,7-10H2,(H,21,24)/t12-,14-,15-,16-/m0/s1. The summed E-state index contributed by atoms with van der Waals surface area (Å²) in [5.74, 6) is -0.806. The molecule has 0 aromatic heterocycles. The van der Waals surface area contributed by atoms with E-state index in [1.54, 1.807) is 4.90 Å². The van der Waals surface area contributed by atoms with Gasteiger partial charge in [-0.1, -0.05) is 18.7 Å². The number of hydrogen-bond donors (Lipinski definition) is 3. The van der Waals surface area contributed by atoms with Gasteiger partial charge in [0, 0.05) is 6.54 Å². The van der Waals surface area contributed by atoms with E-state index in [2.05, 4.69) is 11.9 Å². The van der Waals surface area contributed by atoms with Crippen molar-refractivity contribution in [3.63, 3.8) is 0 Å². The molecule has 27 heavy (non-hydrogen) atoms. The van der Waals surface area contributed by atoms with Crippen LogP contribution in [0, 0.1) is 17.7 Å². The fraction of sp³-hybridized carbons (Fsp3) is 0.444. The molecule has 3 N–H and O–H groups in total. The molecule has 2 amide bonds. The Hall–Kier alpha value is -2.39. The smallest absolute Gasteiger partial charge is 0.447 e. The topological polar surface area (TPSA) is 99.1 Å². The summed E-state index contributed by atoms with van der Waals surface area (Å²) in [7, 11) is -1.80. The molecule has 0 unspecified atom stereocenters. The fourth-order valence-corrected chi connectivity index (χ4v) is 3.62. The molecule has 1 aliphatic carbocycles. The van der Waals surface area contributed by atoms with Crippen LogP contribution in [0.5, 0.6) is 0 Å². The number of fused-ring (bicyclic) bond motifs is 1. The highest BCUT2D eigenvalue weighted by atomic mass is 19.1. The highest BCUT2D eigenvalue weighted by Crippen LogP contribution is 2.49. The number of halogens is 1. The minimum absolute atomic E-state index is 0.0391. The number of alkyl carbamates (subject to hydrolysis) is 1. The van der Waals surface area contributed by atoms with E-state index in [1.165, 1.54) is 30.3 Å². The minimum atomic E-state index is -1.80. The van der Waals surface area contributed by atoms with Crippen molar-refractivity contribution in [2.24, 2.45) is 11.8 Å². The number of carbonyl (C=O) groups excluding carboxylic acids is 2. The molecule has 9 heteroatoms. The lowest BCUT2D eigenvalue weighted by Gasteiger charge is -2.26. The predicted octanol–water partition coefficient (Wildman–Crippen LogP) is 0.508. The van der Waals surface area contributed by atoms with Gasteiger partial charge in [-0.05, 0) is 48.4 Å². The van der Waals surface area contributed by atoms with Gasteiger partial charge in [-0.2, -0.15) is 0 Å². The first-order valence-corrected chi connectivity index (χ1v) is 8.86. The van der Waals surface area contributed by atoms with Crippen LogP contribution in [0.2, 0.25) is 0 Å². The first-order valence-electron chi connectivity index (χ1n) is 8.86. The number of carbonyl (C=O) groups is 2. The number of piperidine rings is 1. The lowest BCUT2D eigenvalue weighted by molar-refractivity contribution is -0.128. The summed E-state index contributed by atoms with van der Waals surface area (Å²) in [6.07, 6.45) is 1.56. The van der Waals surface area contributed by atoms with Gasteiger partial charge in [-0.25, -0.2) is 9.18 Å². The SMILES string of the molecule is C=CC(=O)N1C[C@@H]2C[C@@H]2[C@@H]1COC(=O)N[C@@H](Cc1ccc(F)cc1)B(O)O. The van der Waals surface area contributed by atoms with Crippen molar-refractivity contribution in [3.05, 3.63) is 48.3 Å². The van der Waals surface area contributed by atoms with Gasteiger partial charge >= 0.3 is 13.2 Å². The van der Waals surface area contributed by atoms with Crippen LogP contribution < -0.4 is 5.32 Å². The van der Waals surface area contributed by atoms with Crippen molar-refractivity contribution in [3.8, 4) is 0 Å². The van der Waals surface area contributed by atoms with Crippen LogP contribution in [0.15, 0.2) is 36.9 Å². The molecule has 2 aliphatic rings. The average Bonchev–Trinajstić information content (AvgIpc) is 3.32. The summed E-state index contributed by atoms with van der Waals surface area (Å²) in [5, 5.41) is 21.4. The summed E-state index contributed by atoms with van der Waals surface area (Å²) in [5.41, 5.74) is 0.633. The van der Waals surface area contributed by atoms with Gasteiger partial charge in [-0.3, -0.25) is 4.79 Å². The first-order chi connectivity index (χ1) is 12.9. The van der Waals surface area contributed by atoms with Gasteiger partial charge < -0.3 is 25.0 Å². The van der Waals surface area contributed by atoms with Crippen LogP contribution in [0.4, 0.5) is 9.18 Å². The van der Waals surface area contributed by atoms with Gasteiger partial charge in [-0.15, -0.1) is 0 Å². The Labute approximate surface area is 157 Å². The largest absolute Gasteiger partial charge is 0.475 e. The van der Waals surface area contributed by atoms with Crippen LogP contribution in [-0.2, 0) is 16.0 Å². The third kappa shape index (κ3) is 4.67. The van der Waals surface area contributed by atoms with Crippen molar-refractivity contribution in [1.82, 2.24) is 10.2 Å². The molecule has 1 aromatic rings. The molecule has 144 valence electrons. The molecule has 7 nitrogen and oxygen atoms in total. The lowest BCUT2D eigenvalue weighted by Crippen LogP contribution is -2.49. The van der Waals surface area contributed by atoms with Gasteiger partial charge in [0.15, 0.2) is 0 Å². The quantitative estimate of drug-likeness (QED) is 0.476. The molecule has 1 saturated heterocycles. The molecule has 1 aromatic carbocycles. The molecule has 2 fully saturated rings. The van der Waals surface area contributed by atoms with Crippen molar-refractivity contribution < 1.29 is 28.8 Å². The van der Waals surface area contributed by atoms with E-state index in [4.69, 9.17) is 4.74 Å². The Kier molecular flexibility index (Phi) is 5.81. The zero-order valence-electron chi connectivity index (χ0n) is 14.8. The maximum Gasteiger partial charge on any atom is 0.475 e. The van der Waals surface area contributed by atoms with Crippen LogP contribution in [0.3, 0.4) is 0 Å². The minimum Gasteiger partial charge on any atom is -0.447 e. The van der Waals surface area contributed by atoms with Crippen LogP contribution in [0.25, 0.3) is 0 Å². The highest BCUT2D eigenvalue weighted by Gasteiger charge is 2.53. The maximum absolute atomic E-state index is 13.0. The van der Waals surface area contributed by atoms with Crippen molar-refractivity contribution in [2.75, 3.05) is 13.2 Å². The molecule has 1 saturated carbocycles. The first kappa shape index (κ1) is 19.4. The Bertz CT molecular complexity index is 714. The van der Waals surface area contributed by atoms with E-state index in [0.29, 0.717) is 23.9 Å². The maximum atomic E-state index is 13.0. The molecule has 4 atom stereocenters. The molecule has 0 radical (unpaired) electrons. The Morgan fingerprint density at radius 3 is 2.74 bits per heavy atom. The van der Waals surface area contributed by atoms with Crippen molar-refractivity contribution in [2.45, 2.75) is 24.8 Å². The van der Waals surface area contributed by atoms with Crippen LogP contribution in [0.1, 0.15) is 12.0 Å². The third-order valence-corrected chi connectivity index (χ3v) is 5.18. The summed E-state index contributed by atoms with van der Waals surface area (Å²) < 4.78 is 18.2. The fourth-order valence-electron chi connectivity index (χ4n) is 3.62. The molecule has 0 bridgehead atoms. The number of hydrogen-bond acceptors (Lipinski definition) is 5. The molecule has 1 aliphatic heterocycles. The second-order valence-corrected chi connectivity index (χ2v) is 7.02. The Balaban J connectivity index is 1.52. The summed E-state index contributed by atoms with van der Waals surface area (Å²) in [4.78, 5) is 25.6. The Morgan fingerprint density at radius 2 is 2.11 bits per heavy atom. The van der Waals surface area contributed by atoms with E-state index in [-0.39, 0.29) is 25.0 Å². The second-order valence-electron chi connectivity index (χ2n) is 7.02. The molecule has 0 spiro atoms. The monoisotopic (exact) mass is 376 g/mol. The zero-order valence-corrected chi connectivity index (χ0v) is 14.8. The lowest BCUT2D eigenvalue weighted by atomic mass is 9.76. The van der Waals surface area contributed by atoms with Crippen LogP contribution in [-0.4, -0.2) is 59.2 Å². The summed E-state index contributed by atoms with van der Waals surface area (Å²) >= 11 is 0. The summed E-state index contributed by atoms with van der Waals surface area (Å²) in [6.45, 7) is 4.17. The number of benzene rings is 1. The van der Waals surface area contributed by atoms with Gasteiger partial charge in [0.05, 0.1) is 12.0 Å². The van der Waals surface area contributed by atoms with Crippen LogP contribution >= 0.6 is 0 Å². The number of amides is 2. The Morgan fingerprint density at radius 1 is 1.41 bits per heavy atom. The molecular formula is C18H22BFN2O5. The van der Waals surface area contributed by atoms with E-state index >= 15 is 0 Å². The zero-order chi connectivity index (χ0) is 19.6. The third-order valence-electron chi connectivity index (χ3n) is 5.18. The number of nitrogens with one attached hydrogen (secondary N) is 1. The second kappa shape index (κ2) is 8.10. The molecule has 3 rings (SSSR count). The molecular weight excluding hydrogens is 354 g/mol. The average molecular weight is 376 g/mol. The summed E-state index contributed by atoms with van der Waals surface area (Å²) in [6, 6.07) is 5.34. The predicted molar refractivity (Wildman–Crippen MR) is 95.9 cm³/mol. The van der Waals surface area contributed by atoms with E-state index < -0.39 is 25.0 Å². The van der Waals surface area contributed by atoms with E-state index in [0.717, 1.165) is 6.42 Å². The van der Waals surface area contributed by atoms with Crippen molar-refractivity contribution >= 4 is 19.1 Å². The number of nitrogens with zero attached hydrogens (tertiary/aromatic N) is 1. The van der Waals surface area contributed by atoms with Crippen molar-refractivity contribution in [1.29, 1.82) is 0 Å². The van der Waals surface area contributed by atoms with Gasteiger partial charge in [0.1, 0.15) is 12.4 Å². The van der Waals surface area contributed by atoms with E-state index in [9.17, 15) is 24.0 Å². The number of ether oxygens (including phenoxy) is 1. The van der Waals surface area contributed by atoms with Gasteiger partial charge in [0.2, 0.25) is 5.91 Å². The normalized spacial score (nSPS) is 24.0. The van der Waals surface area contributed by atoms with E-state index in [1.807, 2.05) is 0 Å².